The second kappa shape index (κ2) is 11.7. The van der Waals surface area contributed by atoms with Gasteiger partial charge in [0.15, 0.2) is 6.71 Å². The first-order chi connectivity index (χ1) is 13.1. The number of carbonyl (C=O) groups excluding carboxylic acids is 1. The number of rotatable bonds is 13. The molecule has 0 amide bonds. The van der Waals surface area contributed by atoms with Crippen LogP contribution in [0.5, 0.6) is 0 Å². The van der Waals surface area contributed by atoms with Crippen molar-refractivity contribution in [3.8, 4) is 0 Å². The fraction of sp³-hybridized carbons (Fsp3) is 0.480. The van der Waals surface area contributed by atoms with E-state index in [-0.39, 0.29) is 5.78 Å². The van der Waals surface area contributed by atoms with Gasteiger partial charge < -0.3 is 10.1 Å². The summed E-state index contributed by atoms with van der Waals surface area (Å²) in [4.78, 5) is 11.2. The summed E-state index contributed by atoms with van der Waals surface area (Å²) in [6.45, 7) is 23.4. The van der Waals surface area contributed by atoms with Crippen molar-refractivity contribution in [3.05, 3.63) is 65.9 Å². The lowest BCUT2D eigenvalue weighted by Crippen LogP contribution is -2.41. The van der Waals surface area contributed by atoms with E-state index in [1.54, 1.807) is 6.92 Å². The Bertz CT molecular complexity index is 717. The molecular weight excluding hydrogens is 341 g/mol. The van der Waals surface area contributed by atoms with Crippen molar-refractivity contribution in [1.82, 2.24) is 5.32 Å². The number of benzene rings is 1. The highest BCUT2D eigenvalue weighted by molar-refractivity contribution is 6.57. The fourth-order valence-corrected chi connectivity index (χ4v) is 3.36. The van der Waals surface area contributed by atoms with Gasteiger partial charge in [-0.15, -0.1) is 6.58 Å². The zero-order chi connectivity index (χ0) is 21.3. The molecule has 0 aliphatic carbocycles. The maximum absolute atomic E-state index is 11.2. The highest BCUT2D eigenvalue weighted by Crippen LogP contribution is 2.26. The minimum atomic E-state index is 0.246. The molecule has 1 unspecified atom stereocenters. The van der Waals surface area contributed by atoms with Crippen LogP contribution in [0.2, 0.25) is 13.6 Å². The van der Waals surface area contributed by atoms with Gasteiger partial charge in [0, 0.05) is 18.1 Å². The molecule has 28 heavy (non-hydrogen) atoms. The van der Waals surface area contributed by atoms with E-state index in [4.69, 9.17) is 0 Å². The Kier molecular flexibility index (Phi) is 10.1. The minimum absolute atomic E-state index is 0.246. The highest BCUT2D eigenvalue weighted by atomic mass is 16.1. The molecule has 1 aromatic rings. The summed E-state index contributed by atoms with van der Waals surface area (Å²) < 4.78 is 0. The molecule has 0 radical (unpaired) electrons. The van der Waals surface area contributed by atoms with Gasteiger partial charge in [-0.05, 0) is 75.1 Å². The molecule has 1 N–H and O–H groups in total. The Morgan fingerprint density at radius 3 is 2.32 bits per heavy atom. The van der Waals surface area contributed by atoms with E-state index in [2.05, 4.69) is 70.7 Å². The third-order valence-electron chi connectivity index (χ3n) is 5.32. The smallest absolute Gasteiger partial charge is 0.161 e. The zero-order valence-corrected chi connectivity index (χ0v) is 18.7. The molecule has 0 fully saturated rings. The van der Waals surface area contributed by atoms with E-state index < -0.39 is 0 Å². The predicted octanol–water partition coefficient (Wildman–Crippen LogP) is 6.43. The van der Waals surface area contributed by atoms with Gasteiger partial charge in [0.25, 0.3) is 0 Å². The highest BCUT2D eigenvalue weighted by Gasteiger charge is 2.19. The second-order valence-corrected chi connectivity index (χ2v) is 8.51. The molecule has 0 saturated heterocycles. The van der Waals surface area contributed by atoms with Crippen molar-refractivity contribution in [2.24, 2.45) is 0 Å². The first kappa shape index (κ1) is 24.0. The van der Waals surface area contributed by atoms with E-state index in [1.807, 2.05) is 0 Å². The molecule has 1 rings (SSSR count). The molecule has 0 aliphatic rings. The maximum atomic E-state index is 11.2. The monoisotopic (exact) mass is 379 g/mol. The lowest BCUT2D eigenvalue weighted by atomic mass is 9.47. The van der Waals surface area contributed by atoms with Gasteiger partial charge in [-0.25, -0.2) is 0 Å². The summed E-state index contributed by atoms with van der Waals surface area (Å²) in [6, 6.07) is 6.50. The van der Waals surface area contributed by atoms with Crippen LogP contribution in [0.4, 0.5) is 0 Å². The van der Waals surface area contributed by atoms with Crippen molar-refractivity contribution in [3.63, 3.8) is 0 Å². The zero-order valence-electron chi connectivity index (χ0n) is 18.7. The predicted molar refractivity (Wildman–Crippen MR) is 126 cm³/mol. The molecule has 1 aromatic carbocycles. The van der Waals surface area contributed by atoms with Crippen molar-refractivity contribution in [2.45, 2.75) is 78.9 Å². The third kappa shape index (κ3) is 8.33. The van der Waals surface area contributed by atoms with Crippen molar-refractivity contribution >= 4 is 18.1 Å². The summed E-state index contributed by atoms with van der Waals surface area (Å²) in [5.41, 5.74) is 7.28. The summed E-state index contributed by atoms with van der Waals surface area (Å²) in [7, 11) is 0. The van der Waals surface area contributed by atoms with Crippen molar-refractivity contribution in [2.75, 3.05) is 0 Å². The fourth-order valence-electron chi connectivity index (χ4n) is 3.36. The summed E-state index contributed by atoms with van der Waals surface area (Å²) in [5, 5.41) is 3.65. The van der Waals surface area contributed by atoms with Crippen molar-refractivity contribution < 1.29 is 4.79 Å². The molecular formula is C25H38BNO. The van der Waals surface area contributed by atoms with E-state index in [0.717, 1.165) is 43.4 Å². The van der Waals surface area contributed by atoms with E-state index >= 15 is 0 Å². The standard InChI is InChI=1S/C25H38BNO/c1-18(2)15-16-20(4)27-25(26(7)8)17-23-13-10-14-24(22(23)6)19(3)11-9-12-21(5)28/h10,13-14,25,27H,1,3-4,9,11-12,15-17H2,2,5-8H3. The molecule has 3 heteroatoms. The number of nitrogens with one attached hydrogen (secondary N) is 1. The van der Waals surface area contributed by atoms with Crippen LogP contribution in [0.15, 0.2) is 49.2 Å². The summed E-state index contributed by atoms with van der Waals surface area (Å²) >= 11 is 0. The second-order valence-electron chi connectivity index (χ2n) is 8.51. The van der Waals surface area contributed by atoms with Gasteiger partial charge in [0.1, 0.15) is 5.78 Å². The van der Waals surface area contributed by atoms with Gasteiger partial charge >= 0.3 is 0 Å². The first-order valence-corrected chi connectivity index (χ1v) is 10.5. The topological polar surface area (TPSA) is 29.1 Å². The minimum Gasteiger partial charge on any atom is -0.393 e. The van der Waals surface area contributed by atoms with Crippen LogP contribution in [-0.4, -0.2) is 18.4 Å². The molecule has 0 saturated carbocycles. The van der Waals surface area contributed by atoms with Gasteiger partial charge in [-0.3, -0.25) is 0 Å². The Balaban J connectivity index is 2.84. The lowest BCUT2D eigenvalue weighted by molar-refractivity contribution is -0.117. The molecule has 1 atom stereocenters. The number of hydrogen-bond donors (Lipinski definition) is 1. The lowest BCUT2D eigenvalue weighted by Gasteiger charge is -2.25. The number of allylic oxidation sites excluding steroid dienone is 3. The van der Waals surface area contributed by atoms with Crippen molar-refractivity contribution in [1.29, 1.82) is 0 Å². The first-order valence-electron chi connectivity index (χ1n) is 10.5. The quantitative estimate of drug-likeness (QED) is 0.316. The average molecular weight is 379 g/mol. The molecule has 0 bridgehead atoms. The normalized spacial score (nSPS) is 11.6. The summed E-state index contributed by atoms with van der Waals surface area (Å²) in [5.74, 6) is 0.591. The molecule has 2 nitrogen and oxygen atoms in total. The average Bonchev–Trinajstić information content (AvgIpc) is 2.60. The number of ketones is 1. The Morgan fingerprint density at radius 1 is 1.07 bits per heavy atom. The van der Waals surface area contributed by atoms with Gasteiger partial charge in [-0.1, -0.05) is 50.6 Å². The van der Waals surface area contributed by atoms with Crippen LogP contribution in [0.1, 0.15) is 62.6 Å². The Labute approximate surface area is 173 Å². The Hall–Kier alpha value is -2.03. The van der Waals surface area contributed by atoms with Crippen LogP contribution in [0.25, 0.3) is 5.57 Å². The Morgan fingerprint density at radius 2 is 1.75 bits per heavy atom. The summed E-state index contributed by atoms with van der Waals surface area (Å²) in [6.07, 6.45) is 5.24. The van der Waals surface area contributed by atoms with E-state index in [0.29, 0.717) is 19.1 Å². The molecule has 0 spiro atoms. The van der Waals surface area contributed by atoms with Gasteiger partial charge in [-0.2, -0.15) is 0 Å². The molecule has 152 valence electrons. The van der Waals surface area contributed by atoms with Crippen LogP contribution in [-0.2, 0) is 11.2 Å². The molecule has 0 heterocycles. The van der Waals surface area contributed by atoms with Crippen LogP contribution in [0.3, 0.4) is 0 Å². The number of hydrogen-bond acceptors (Lipinski definition) is 2. The SMILES string of the molecule is C=C(C)CCC(=C)NC(Cc1cccc(C(=C)CCCC(C)=O)c1C)B(C)C. The van der Waals surface area contributed by atoms with E-state index in [9.17, 15) is 4.79 Å². The van der Waals surface area contributed by atoms with Gasteiger partial charge in [0.05, 0.1) is 0 Å². The molecule has 0 aliphatic heterocycles. The van der Waals surface area contributed by atoms with Crippen LogP contribution < -0.4 is 5.32 Å². The largest absolute Gasteiger partial charge is 0.393 e. The maximum Gasteiger partial charge on any atom is 0.161 e. The van der Waals surface area contributed by atoms with Gasteiger partial charge in [0.2, 0.25) is 0 Å². The number of carbonyl (C=O) groups is 1. The third-order valence-corrected chi connectivity index (χ3v) is 5.32. The number of Topliss-reactive ketones (excluding diaryl/α,β-unsaturated/α-hetero) is 1. The molecule has 0 aromatic heterocycles. The van der Waals surface area contributed by atoms with Crippen LogP contribution >= 0.6 is 0 Å². The van der Waals surface area contributed by atoms with Crippen LogP contribution in [0, 0.1) is 6.92 Å². The van der Waals surface area contributed by atoms with E-state index in [1.165, 1.54) is 22.3 Å².